The lowest BCUT2D eigenvalue weighted by Gasteiger charge is -2.31. The molecule has 1 fully saturated rings. The van der Waals surface area contributed by atoms with Crippen LogP contribution < -0.4 is 5.32 Å². The first-order valence-corrected chi connectivity index (χ1v) is 6.72. The number of carbonyl (C=O) groups is 1. The van der Waals surface area contributed by atoms with Crippen LogP contribution >= 0.6 is 11.3 Å². The summed E-state index contributed by atoms with van der Waals surface area (Å²) in [6.45, 7) is 0. The number of thiophene rings is 1. The molecule has 0 atom stereocenters. The molecular weight excluding hydrogens is 220 g/mol. The highest BCUT2D eigenvalue weighted by Crippen LogP contribution is 2.23. The summed E-state index contributed by atoms with van der Waals surface area (Å²) in [5.41, 5.74) is 0. The van der Waals surface area contributed by atoms with E-state index in [-0.39, 0.29) is 6.03 Å². The molecule has 4 heteroatoms. The zero-order chi connectivity index (χ0) is 11.4. The third-order valence-corrected chi connectivity index (χ3v) is 3.98. The van der Waals surface area contributed by atoms with Gasteiger partial charge in [0.2, 0.25) is 0 Å². The summed E-state index contributed by atoms with van der Waals surface area (Å²) in [6, 6.07) is 4.32. The minimum Gasteiger partial charge on any atom is -0.325 e. The first kappa shape index (κ1) is 11.5. The van der Waals surface area contributed by atoms with E-state index in [1.54, 1.807) is 11.3 Å². The maximum absolute atomic E-state index is 11.9. The molecule has 1 saturated carbocycles. The van der Waals surface area contributed by atoms with Gasteiger partial charge in [-0.25, -0.2) is 4.79 Å². The molecule has 0 spiro atoms. The number of nitrogens with zero attached hydrogens (tertiary/aromatic N) is 1. The quantitative estimate of drug-likeness (QED) is 0.839. The predicted octanol–water partition coefficient (Wildman–Crippen LogP) is 3.54. The van der Waals surface area contributed by atoms with Gasteiger partial charge in [0.25, 0.3) is 0 Å². The minimum atomic E-state index is 0.0225. The van der Waals surface area contributed by atoms with Gasteiger partial charge in [-0.1, -0.05) is 19.3 Å². The average molecular weight is 238 g/mol. The molecule has 88 valence electrons. The van der Waals surface area contributed by atoms with Crippen molar-refractivity contribution in [1.82, 2.24) is 4.90 Å². The molecule has 2 rings (SSSR count). The van der Waals surface area contributed by atoms with Crippen molar-refractivity contribution in [3.8, 4) is 0 Å². The summed E-state index contributed by atoms with van der Waals surface area (Å²) in [5, 5.41) is 5.82. The summed E-state index contributed by atoms with van der Waals surface area (Å²) < 4.78 is 0. The first-order valence-electron chi connectivity index (χ1n) is 5.84. The standard InChI is InChI=1S/C12H18N2OS/c1-14(10-6-3-2-4-7-10)12(15)13-11-8-5-9-16-11/h5,8-10H,2-4,6-7H2,1H3,(H,13,15). The largest absolute Gasteiger partial charge is 0.325 e. The number of nitrogens with one attached hydrogen (secondary N) is 1. The fraction of sp³-hybridized carbons (Fsp3) is 0.583. The van der Waals surface area contributed by atoms with Crippen LogP contribution in [-0.2, 0) is 0 Å². The van der Waals surface area contributed by atoms with E-state index >= 15 is 0 Å². The Morgan fingerprint density at radius 2 is 2.19 bits per heavy atom. The number of amides is 2. The van der Waals surface area contributed by atoms with Gasteiger partial charge in [0.1, 0.15) is 0 Å². The summed E-state index contributed by atoms with van der Waals surface area (Å²) in [4.78, 5) is 13.8. The van der Waals surface area contributed by atoms with Crippen LogP contribution in [0, 0.1) is 0 Å². The maximum Gasteiger partial charge on any atom is 0.322 e. The van der Waals surface area contributed by atoms with Gasteiger partial charge in [-0.15, -0.1) is 11.3 Å². The first-order chi connectivity index (χ1) is 7.77. The van der Waals surface area contributed by atoms with Crippen molar-refractivity contribution in [2.75, 3.05) is 12.4 Å². The number of hydrogen-bond donors (Lipinski definition) is 1. The maximum atomic E-state index is 11.9. The molecule has 1 aliphatic rings. The molecule has 0 aromatic carbocycles. The molecule has 1 aromatic heterocycles. The Kier molecular flexibility index (Phi) is 3.83. The molecule has 0 aliphatic heterocycles. The molecular formula is C12H18N2OS. The SMILES string of the molecule is CN(C(=O)Nc1cccs1)C1CCCCC1. The Hall–Kier alpha value is -1.03. The van der Waals surface area contributed by atoms with Crippen molar-refractivity contribution in [3.63, 3.8) is 0 Å². The van der Waals surface area contributed by atoms with E-state index < -0.39 is 0 Å². The van der Waals surface area contributed by atoms with Crippen LogP contribution in [0.1, 0.15) is 32.1 Å². The van der Waals surface area contributed by atoms with Crippen LogP contribution in [0.15, 0.2) is 17.5 Å². The van der Waals surface area contributed by atoms with E-state index in [2.05, 4.69) is 5.32 Å². The second kappa shape index (κ2) is 5.34. The van der Waals surface area contributed by atoms with Crippen molar-refractivity contribution < 1.29 is 4.79 Å². The van der Waals surface area contributed by atoms with E-state index in [9.17, 15) is 4.79 Å². The number of rotatable bonds is 2. The van der Waals surface area contributed by atoms with E-state index in [1.807, 2.05) is 29.5 Å². The minimum absolute atomic E-state index is 0.0225. The van der Waals surface area contributed by atoms with E-state index in [0.29, 0.717) is 6.04 Å². The molecule has 0 unspecified atom stereocenters. The second-order valence-electron chi connectivity index (χ2n) is 4.31. The normalized spacial score (nSPS) is 17.1. The smallest absolute Gasteiger partial charge is 0.322 e. The second-order valence-corrected chi connectivity index (χ2v) is 5.26. The van der Waals surface area contributed by atoms with E-state index in [4.69, 9.17) is 0 Å². The van der Waals surface area contributed by atoms with Gasteiger partial charge >= 0.3 is 6.03 Å². The van der Waals surface area contributed by atoms with Crippen LogP contribution in [0.4, 0.5) is 9.80 Å². The van der Waals surface area contributed by atoms with Gasteiger partial charge in [-0.3, -0.25) is 5.32 Å². The number of anilines is 1. The van der Waals surface area contributed by atoms with E-state index in [0.717, 1.165) is 17.8 Å². The van der Waals surface area contributed by atoms with Crippen molar-refractivity contribution in [3.05, 3.63) is 17.5 Å². The highest BCUT2D eigenvalue weighted by atomic mass is 32.1. The van der Waals surface area contributed by atoms with Crippen LogP contribution in [-0.4, -0.2) is 24.0 Å². The van der Waals surface area contributed by atoms with Crippen molar-refractivity contribution in [2.24, 2.45) is 0 Å². The Morgan fingerprint density at radius 3 is 2.81 bits per heavy atom. The predicted molar refractivity (Wildman–Crippen MR) is 68.0 cm³/mol. The highest BCUT2D eigenvalue weighted by Gasteiger charge is 2.21. The zero-order valence-corrected chi connectivity index (χ0v) is 10.4. The van der Waals surface area contributed by atoms with Crippen molar-refractivity contribution in [2.45, 2.75) is 38.1 Å². The molecule has 1 aliphatic carbocycles. The molecule has 0 saturated heterocycles. The molecule has 0 radical (unpaired) electrons. The number of hydrogen-bond acceptors (Lipinski definition) is 2. The van der Waals surface area contributed by atoms with Crippen LogP contribution in [0.25, 0.3) is 0 Å². The van der Waals surface area contributed by atoms with Gasteiger partial charge in [0.05, 0.1) is 5.00 Å². The zero-order valence-electron chi connectivity index (χ0n) is 9.61. The lowest BCUT2D eigenvalue weighted by Crippen LogP contribution is -2.40. The van der Waals surface area contributed by atoms with Crippen LogP contribution in [0.2, 0.25) is 0 Å². The van der Waals surface area contributed by atoms with Crippen molar-refractivity contribution >= 4 is 22.4 Å². The Bertz CT molecular complexity index is 331. The van der Waals surface area contributed by atoms with Gasteiger partial charge in [-0.05, 0) is 30.4 Å². The number of urea groups is 1. The average Bonchev–Trinajstić information content (AvgIpc) is 2.82. The summed E-state index contributed by atoms with van der Waals surface area (Å²) in [6.07, 6.45) is 6.11. The molecule has 1 heterocycles. The van der Waals surface area contributed by atoms with Crippen LogP contribution in [0.3, 0.4) is 0 Å². The molecule has 2 amide bonds. The monoisotopic (exact) mass is 238 g/mol. The van der Waals surface area contributed by atoms with E-state index in [1.165, 1.54) is 19.3 Å². The van der Waals surface area contributed by atoms with Gasteiger partial charge in [-0.2, -0.15) is 0 Å². The van der Waals surface area contributed by atoms with Gasteiger partial charge in [0.15, 0.2) is 0 Å². The van der Waals surface area contributed by atoms with Gasteiger partial charge in [0, 0.05) is 13.1 Å². The molecule has 16 heavy (non-hydrogen) atoms. The Labute approximate surface area is 100 Å². The lowest BCUT2D eigenvalue weighted by atomic mass is 9.95. The highest BCUT2D eigenvalue weighted by molar-refractivity contribution is 7.14. The fourth-order valence-corrected chi connectivity index (χ4v) is 2.78. The van der Waals surface area contributed by atoms with Crippen LogP contribution in [0.5, 0.6) is 0 Å². The molecule has 1 aromatic rings. The van der Waals surface area contributed by atoms with Gasteiger partial charge < -0.3 is 4.90 Å². The third-order valence-electron chi connectivity index (χ3n) is 3.19. The topological polar surface area (TPSA) is 32.3 Å². The van der Waals surface area contributed by atoms with Crippen molar-refractivity contribution in [1.29, 1.82) is 0 Å². The summed E-state index contributed by atoms with van der Waals surface area (Å²) in [7, 11) is 1.90. The Morgan fingerprint density at radius 1 is 1.44 bits per heavy atom. The third kappa shape index (κ3) is 2.76. The lowest BCUT2D eigenvalue weighted by molar-refractivity contribution is 0.186. The molecule has 0 bridgehead atoms. The Balaban J connectivity index is 1.88. The molecule has 1 N–H and O–H groups in total. The number of carbonyl (C=O) groups excluding carboxylic acids is 1. The fourth-order valence-electron chi connectivity index (χ4n) is 2.18. The summed E-state index contributed by atoms with van der Waals surface area (Å²) >= 11 is 1.56. The summed E-state index contributed by atoms with van der Waals surface area (Å²) in [5.74, 6) is 0. The molecule has 3 nitrogen and oxygen atoms in total.